The fraction of sp³-hybridized carbons (Fsp3) is 0.600. The predicted octanol–water partition coefficient (Wildman–Crippen LogP) is 2.10. The van der Waals surface area contributed by atoms with Crippen molar-refractivity contribution in [1.82, 2.24) is 19.4 Å². The molecule has 0 bridgehead atoms. The molecule has 0 radical (unpaired) electrons. The molecule has 3 aliphatic rings. The van der Waals surface area contributed by atoms with Gasteiger partial charge in [0.25, 0.3) is 5.91 Å². The Morgan fingerprint density at radius 3 is 2.50 bits per heavy atom. The third kappa shape index (κ3) is 3.62. The number of piperazine rings is 1. The van der Waals surface area contributed by atoms with E-state index in [9.17, 15) is 18.0 Å². The van der Waals surface area contributed by atoms with Crippen LogP contribution in [0.25, 0.3) is 0 Å². The van der Waals surface area contributed by atoms with E-state index >= 15 is 0 Å². The summed E-state index contributed by atoms with van der Waals surface area (Å²) in [6.45, 7) is 3.63. The number of halogens is 1. The Morgan fingerprint density at radius 2 is 1.83 bits per heavy atom. The summed E-state index contributed by atoms with van der Waals surface area (Å²) in [5.74, 6) is -0.0314. The molecule has 1 spiro atoms. The maximum atomic E-state index is 13.1. The summed E-state index contributed by atoms with van der Waals surface area (Å²) in [7, 11) is -3.68. The second-order valence-corrected chi connectivity index (χ2v) is 10.7. The van der Waals surface area contributed by atoms with Gasteiger partial charge in [-0.25, -0.2) is 18.1 Å². The predicted molar refractivity (Wildman–Crippen MR) is 112 cm³/mol. The Kier molecular flexibility index (Phi) is 5.82. The average Bonchev–Trinajstić information content (AvgIpc) is 2.96. The molecule has 30 heavy (non-hydrogen) atoms. The molecule has 2 atom stereocenters. The number of carbonyl (C=O) groups excluding carboxylic acids is 2. The van der Waals surface area contributed by atoms with Gasteiger partial charge in [0.15, 0.2) is 0 Å². The number of hydrogen-bond acceptors (Lipinski definition) is 5. The number of nitrogens with one attached hydrogen (secondary N) is 1. The van der Waals surface area contributed by atoms with E-state index in [-0.39, 0.29) is 47.5 Å². The van der Waals surface area contributed by atoms with Crippen molar-refractivity contribution in [3.05, 3.63) is 29.3 Å². The number of amides is 3. The van der Waals surface area contributed by atoms with Crippen molar-refractivity contribution < 1.29 is 18.0 Å². The molecule has 1 aromatic carbocycles. The monoisotopic (exact) mass is 454 g/mol. The van der Waals surface area contributed by atoms with Gasteiger partial charge in [0.2, 0.25) is 10.0 Å². The third-order valence-corrected chi connectivity index (χ3v) is 9.03. The molecule has 1 aromatic rings. The first-order valence-corrected chi connectivity index (χ1v) is 12.2. The van der Waals surface area contributed by atoms with E-state index < -0.39 is 15.6 Å². The van der Waals surface area contributed by atoms with E-state index in [1.54, 1.807) is 18.2 Å². The van der Waals surface area contributed by atoms with Gasteiger partial charge in [0.05, 0.1) is 11.7 Å². The maximum Gasteiger partial charge on any atom is 0.326 e. The fourth-order valence-electron chi connectivity index (χ4n) is 4.73. The van der Waals surface area contributed by atoms with Crippen LogP contribution in [0.4, 0.5) is 4.79 Å². The highest BCUT2D eigenvalue weighted by atomic mass is 35.5. The minimum atomic E-state index is -3.68. The summed E-state index contributed by atoms with van der Waals surface area (Å²) < 4.78 is 27.2. The van der Waals surface area contributed by atoms with Crippen molar-refractivity contribution in [3.8, 4) is 0 Å². The van der Waals surface area contributed by atoms with Crippen molar-refractivity contribution in [2.75, 3.05) is 32.8 Å². The summed E-state index contributed by atoms with van der Waals surface area (Å²) in [6, 6.07) is 6.05. The van der Waals surface area contributed by atoms with Gasteiger partial charge in [0.1, 0.15) is 10.4 Å². The number of imide groups is 1. The summed E-state index contributed by atoms with van der Waals surface area (Å²) in [5.41, 5.74) is -0.773. The van der Waals surface area contributed by atoms with E-state index in [4.69, 9.17) is 11.6 Å². The number of hydrogen-bond donors (Lipinski definition) is 1. The number of carbonyl (C=O) groups is 2. The summed E-state index contributed by atoms with van der Waals surface area (Å²) >= 11 is 6.08. The second kappa shape index (κ2) is 8.11. The molecule has 1 aliphatic carbocycles. The first-order valence-electron chi connectivity index (χ1n) is 10.4. The van der Waals surface area contributed by atoms with Gasteiger partial charge in [-0.05, 0) is 30.9 Å². The highest BCUT2D eigenvalue weighted by Crippen LogP contribution is 2.38. The smallest absolute Gasteiger partial charge is 0.323 e. The number of nitrogens with zero attached hydrogens (tertiary/aromatic N) is 3. The first-order chi connectivity index (χ1) is 14.3. The molecule has 2 saturated heterocycles. The third-order valence-electron chi connectivity index (χ3n) is 6.63. The Labute approximate surface area is 182 Å². The van der Waals surface area contributed by atoms with Crippen molar-refractivity contribution >= 4 is 33.6 Å². The maximum absolute atomic E-state index is 13.1. The first kappa shape index (κ1) is 21.5. The lowest BCUT2D eigenvalue weighted by Crippen LogP contribution is -2.55. The minimum Gasteiger partial charge on any atom is -0.323 e. The van der Waals surface area contributed by atoms with E-state index in [2.05, 4.69) is 5.32 Å². The molecule has 2 heterocycles. The van der Waals surface area contributed by atoms with E-state index in [1.165, 1.54) is 15.3 Å². The molecular weight excluding hydrogens is 428 g/mol. The zero-order valence-corrected chi connectivity index (χ0v) is 18.6. The lowest BCUT2D eigenvalue weighted by molar-refractivity contribution is -0.135. The van der Waals surface area contributed by atoms with Gasteiger partial charge in [-0.15, -0.1) is 0 Å². The summed E-state index contributed by atoms with van der Waals surface area (Å²) in [6.07, 6.45) is 3.62. The van der Waals surface area contributed by atoms with Gasteiger partial charge in [-0.3, -0.25) is 9.69 Å². The second-order valence-electron chi connectivity index (χ2n) is 8.38. The SMILES string of the molecule is C[C@H]1CCCC[C@]12NC(=O)N(CN1CCN(S(=O)(=O)c3ccccc3Cl)CC1)C2=O. The van der Waals surface area contributed by atoms with Crippen LogP contribution in [0.2, 0.25) is 5.02 Å². The molecule has 164 valence electrons. The molecule has 8 nitrogen and oxygen atoms in total. The van der Waals surface area contributed by atoms with Crippen LogP contribution in [0, 0.1) is 5.92 Å². The topological polar surface area (TPSA) is 90.0 Å². The highest BCUT2D eigenvalue weighted by molar-refractivity contribution is 7.89. The van der Waals surface area contributed by atoms with Gasteiger partial charge in [-0.1, -0.05) is 43.5 Å². The van der Waals surface area contributed by atoms with Crippen molar-refractivity contribution in [1.29, 1.82) is 0 Å². The van der Waals surface area contributed by atoms with E-state index in [0.29, 0.717) is 19.5 Å². The zero-order chi connectivity index (χ0) is 21.5. The molecule has 2 aliphatic heterocycles. The molecule has 1 saturated carbocycles. The van der Waals surface area contributed by atoms with Crippen LogP contribution in [-0.4, -0.2) is 72.8 Å². The number of sulfonamides is 1. The molecule has 0 aromatic heterocycles. The zero-order valence-electron chi connectivity index (χ0n) is 17.0. The number of rotatable bonds is 4. The Balaban J connectivity index is 1.40. The van der Waals surface area contributed by atoms with E-state index in [1.807, 2.05) is 11.8 Å². The Hall–Kier alpha value is -1.68. The normalized spacial score (nSPS) is 28.9. The van der Waals surface area contributed by atoms with Crippen LogP contribution < -0.4 is 5.32 Å². The highest BCUT2D eigenvalue weighted by Gasteiger charge is 2.55. The van der Waals surface area contributed by atoms with Crippen molar-refractivity contribution in [2.45, 2.75) is 43.0 Å². The van der Waals surface area contributed by atoms with Crippen LogP contribution in [0.3, 0.4) is 0 Å². The van der Waals surface area contributed by atoms with Crippen LogP contribution in [0.5, 0.6) is 0 Å². The minimum absolute atomic E-state index is 0.0995. The lowest BCUT2D eigenvalue weighted by Gasteiger charge is -2.38. The molecule has 10 heteroatoms. The molecule has 4 rings (SSSR count). The van der Waals surface area contributed by atoms with Crippen LogP contribution >= 0.6 is 11.6 Å². The van der Waals surface area contributed by atoms with Crippen LogP contribution in [0.1, 0.15) is 32.6 Å². The average molecular weight is 455 g/mol. The van der Waals surface area contributed by atoms with Gasteiger partial charge >= 0.3 is 6.03 Å². The summed E-state index contributed by atoms with van der Waals surface area (Å²) in [4.78, 5) is 29.0. The molecular formula is C20H27ClN4O4S. The quantitative estimate of drug-likeness (QED) is 0.703. The van der Waals surface area contributed by atoms with Gasteiger partial charge < -0.3 is 5.32 Å². The van der Waals surface area contributed by atoms with Gasteiger partial charge in [0, 0.05) is 26.2 Å². The fourth-order valence-corrected chi connectivity index (χ4v) is 6.64. The molecule has 3 fully saturated rings. The van der Waals surface area contributed by atoms with E-state index in [0.717, 1.165) is 19.3 Å². The van der Waals surface area contributed by atoms with Gasteiger partial charge in [-0.2, -0.15) is 4.31 Å². The Morgan fingerprint density at radius 1 is 1.13 bits per heavy atom. The van der Waals surface area contributed by atoms with Crippen LogP contribution in [0.15, 0.2) is 29.2 Å². The molecule has 1 N–H and O–H groups in total. The molecule has 0 unspecified atom stereocenters. The standard InChI is InChI=1S/C20H27ClN4O4S/c1-15-6-4-5-9-20(15)18(26)25(19(27)22-20)14-23-10-12-24(13-11-23)30(28,29)17-8-3-2-7-16(17)21/h2-3,7-8,15H,4-6,9-14H2,1H3,(H,22,27)/t15-,20-/m0/s1. The van der Waals surface area contributed by atoms with Crippen molar-refractivity contribution in [3.63, 3.8) is 0 Å². The largest absolute Gasteiger partial charge is 0.326 e. The Bertz CT molecular complexity index is 948. The number of benzene rings is 1. The summed E-state index contributed by atoms with van der Waals surface area (Å²) in [5, 5.41) is 3.16. The lowest BCUT2D eigenvalue weighted by atomic mass is 9.73. The van der Waals surface area contributed by atoms with Crippen LogP contribution in [-0.2, 0) is 14.8 Å². The number of urea groups is 1. The molecule has 3 amide bonds. The van der Waals surface area contributed by atoms with Crippen molar-refractivity contribution in [2.24, 2.45) is 5.92 Å².